The van der Waals surface area contributed by atoms with Gasteiger partial charge >= 0.3 is 0 Å². The van der Waals surface area contributed by atoms with Crippen molar-refractivity contribution < 1.29 is 28.2 Å². The molecule has 0 saturated carbocycles. The molecule has 2 aliphatic heterocycles. The zero-order chi connectivity index (χ0) is 28.2. The zero-order valence-electron chi connectivity index (χ0n) is 22.3. The highest BCUT2D eigenvalue weighted by Gasteiger charge is 2.34. The quantitative estimate of drug-likeness (QED) is 0.295. The summed E-state index contributed by atoms with van der Waals surface area (Å²) < 4.78 is 30.6. The molecule has 2 amide bonds. The molecule has 2 atom stereocenters. The molecular weight excluding hydrogens is 525 g/mol. The molecule has 1 saturated heterocycles. The molecular formula is C32H30FN3O5. The summed E-state index contributed by atoms with van der Waals surface area (Å²) in [6.45, 7) is 1.19. The molecule has 6 rings (SSSR count). The normalized spacial score (nSPS) is 16.4. The lowest BCUT2D eigenvalue weighted by atomic mass is 10.0. The summed E-state index contributed by atoms with van der Waals surface area (Å²) in [5.74, 6) is -0.00421. The van der Waals surface area contributed by atoms with Crippen molar-refractivity contribution in [2.45, 2.75) is 31.5 Å². The number of aromatic nitrogens is 1. The smallest absolute Gasteiger partial charge is 0.271 e. The fraction of sp³-hybridized carbons (Fsp3) is 0.250. The lowest BCUT2D eigenvalue weighted by Crippen LogP contribution is -2.45. The number of ether oxygens (including phenoxy) is 3. The van der Waals surface area contributed by atoms with Crippen molar-refractivity contribution in [1.82, 2.24) is 15.2 Å². The number of carbonyl (C=O) groups excluding carboxylic acids is 2. The SMILES string of the molecule is O=C(NC[C@@H]1CCCO1)[C@H](c1ccc(F)cc1)N(Cc1ccc2c(c1)OCO2)C(=O)c1ccc(-c2ccccc2)[nH]1. The van der Waals surface area contributed by atoms with E-state index in [2.05, 4.69) is 10.3 Å². The molecule has 9 heteroatoms. The molecule has 1 fully saturated rings. The molecule has 2 N–H and O–H groups in total. The lowest BCUT2D eigenvalue weighted by Gasteiger charge is -2.31. The van der Waals surface area contributed by atoms with E-state index in [1.807, 2.05) is 42.5 Å². The molecule has 0 radical (unpaired) electrons. The Balaban J connectivity index is 1.37. The minimum absolute atomic E-state index is 0.0809. The van der Waals surface area contributed by atoms with Crippen molar-refractivity contribution in [1.29, 1.82) is 0 Å². The van der Waals surface area contributed by atoms with Crippen LogP contribution >= 0.6 is 0 Å². The van der Waals surface area contributed by atoms with Gasteiger partial charge in [0.05, 0.1) is 6.10 Å². The van der Waals surface area contributed by atoms with E-state index in [9.17, 15) is 14.0 Å². The maximum absolute atomic E-state index is 14.2. The van der Waals surface area contributed by atoms with E-state index < -0.39 is 11.9 Å². The number of halogens is 1. The van der Waals surface area contributed by atoms with Gasteiger partial charge in [-0.15, -0.1) is 0 Å². The monoisotopic (exact) mass is 555 g/mol. The standard InChI is InChI=1S/C32H30FN3O5/c33-24-11-9-23(10-12-24)30(31(37)34-18-25-7-4-16-39-25)36(19-21-8-15-28-29(17-21)41-20-40-28)32(38)27-14-13-26(35-27)22-5-2-1-3-6-22/h1-3,5-6,8-15,17,25,30,35H,4,7,16,18-20H2,(H,34,37)/t25-,30-/m0/s1. The van der Waals surface area contributed by atoms with Crippen LogP contribution in [0.3, 0.4) is 0 Å². The van der Waals surface area contributed by atoms with Crippen molar-refractivity contribution in [3.05, 3.63) is 108 Å². The number of hydrogen-bond acceptors (Lipinski definition) is 5. The van der Waals surface area contributed by atoms with E-state index in [1.165, 1.54) is 29.2 Å². The number of fused-ring (bicyclic) bond motifs is 1. The molecule has 0 unspecified atom stereocenters. The van der Waals surface area contributed by atoms with Crippen molar-refractivity contribution in [3.63, 3.8) is 0 Å². The van der Waals surface area contributed by atoms with E-state index in [0.29, 0.717) is 35.9 Å². The van der Waals surface area contributed by atoms with Crippen LogP contribution < -0.4 is 14.8 Å². The first kappa shape index (κ1) is 26.6. The number of nitrogens with one attached hydrogen (secondary N) is 2. The third-order valence-corrected chi connectivity index (χ3v) is 7.33. The van der Waals surface area contributed by atoms with Gasteiger partial charge in [-0.2, -0.15) is 0 Å². The number of hydrogen-bond donors (Lipinski definition) is 2. The number of H-pyrrole nitrogens is 1. The van der Waals surface area contributed by atoms with E-state index in [4.69, 9.17) is 14.2 Å². The number of carbonyl (C=O) groups is 2. The highest BCUT2D eigenvalue weighted by atomic mass is 19.1. The average Bonchev–Trinajstić information content (AvgIpc) is 3.79. The summed E-state index contributed by atoms with van der Waals surface area (Å²) in [5.41, 5.74) is 3.26. The van der Waals surface area contributed by atoms with Crippen molar-refractivity contribution in [3.8, 4) is 22.8 Å². The third kappa shape index (κ3) is 5.95. The van der Waals surface area contributed by atoms with Gasteiger partial charge in [-0.05, 0) is 65.9 Å². The Kier molecular flexibility index (Phi) is 7.69. The van der Waals surface area contributed by atoms with Gasteiger partial charge in [0, 0.05) is 25.4 Å². The first-order valence-corrected chi connectivity index (χ1v) is 13.6. The van der Waals surface area contributed by atoms with Gasteiger partial charge in [-0.3, -0.25) is 9.59 Å². The Morgan fingerprint density at radius 3 is 2.56 bits per heavy atom. The predicted molar refractivity (Wildman–Crippen MR) is 150 cm³/mol. The van der Waals surface area contributed by atoms with E-state index in [-0.39, 0.29) is 31.3 Å². The summed E-state index contributed by atoms with van der Waals surface area (Å²) in [5, 5.41) is 2.98. The Morgan fingerprint density at radius 1 is 0.976 bits per heavy atom. The highest BCUT2D eigenvalue weighted by Crippen LogP contribution is 2.34. The van der Waals surface area contributed by atoms with Crippen LogP contribution in [0.1, 0.15) is 40.5 Å². The minimum Gasteiger partial charge on any atom is -0.454 e. The topological polar surface area (TPSA) is 92.9 Å². The van der Waals surface area contributed by atoms with Crippen LogP contribution in [0.4, 0.5) is 4.39 Å². The maximum Gasteiger partial charge on any atom is 0.271 e. The first-order chi connectivity index (χ1) is 20.0. The van der Waals surface area contributed by atoms with Gasteiger partial charge in [0.1, 0.15) is 17.6 Å². The van der Waals surface area contributed by atoms with Crippen LogP contribution in [0, 0.1) is 5.82 Å². The summed E-state index contributed by atoms with van der Waals surface area (Å²) >= 11 is 0. The molecule has 210 valence electrons. The third-order valence-electron chi connectivity index (χ3n) is 7.33. The predicted octanol–water partition coefficient (Wildman–Crippen LogP) is 5.23. The van der Waals surface area contributed by atoms with Crippen molar-refractivity contribution >= 4 is 11.8 Å². The fourth-order valence-corrected chi connectivity index (χ4v) is 5.21. The van der Waals surface area contributed by atoms with Crippen LogP contribution in [-0.4, -0.2) is 47.7 Å². The average molecular weight is 556 g/mol. The molecule has 0 bridgehead atoms. The van der Waals surface area contributed by atoms with Crippen molar-refractivity contribution in [2.24, 2.45) is 0 Å². The fourth-order valence-electron chi connectivity index (χ4n) is 5.21. The molecule has 1 aromatic heterocycles. The van der Waals surface area contributed by atoms with Crippen LogP contribution in [0.2, 0.25) is 0 Å². The van der Waals surface area contributed by atoms with Gasteiger partial charge < -0.3 is 29.4 Å². The van der Waals surface area contributed by atoms with Crippen LogP contribution in [-0.2, 0) is 16.1 Å². The van der Waals surface area contributed by atoms with Crippen LogP contribution in [0.5, 0.6) is 11.5 Å². The Morgan fingerprint density at radius 2 is 1.78 bits per heavy atom. The number of rotatable bonds is 9. The molecule has 4 aromatic rings. The van der Waals surface area contributed by atoms with Gasteiger partial charge in [0.25, 0.3) is 5.91 Å². The van der Waals surface area contributed by atoms with Crippen LogP contribution in [0.15, 0.2) is 84.9 Å². The Hall–Kier alpha value is -4.63. The lowest BCUT2D eigenvalue weighted by molar-refractivity contribution is -0.126. The number of benzene rings is 3. The largest absolute Gasteiger partial charge is 0.454 e. The summed E-state index contributed by atoms with van der Waals surface area (Å²) in [4.78, 5) is 32.8. The molecule has 8 nitrogen and oxygen atoms in total. The Labute approximate surface area is 237 Å². The van der Waals surface area contributed by atoms with Gasteiger partial charge in [-0.25, -0.2) is 4.39 Å². The highest BCUT2D eigenvalue weighted by molar-refractivity contribution is 5.97. The second-order valence-corrected chi connectivity index (χ2v) is 10.1. The molecule has 0 spiro atoms. The van der Waals surface area contributed by atoms with E-state index in [0.717, 1.165) is 29.7 Å². The summed E-state index contributed by atoms with van der Waals surface area (Å²) in [7, 11) is 0. The van der Waals surface area contributed by atoms with Gasteiger partial charge in [0.15, 0.2) is 11.5 Å². The summed E-state index contributed by atoms with van der Waals surface area (Å²) in [6.07, 6.45) is 1.71. The molecule has 0 aliphatic carbocycles. The first-order valence-electron chi connectivity index (χ1n) is 13.6. The Bertz CT molecular complexity index is 1520. The maximum atomic E-state index is 14.2. The van der Waals surface area contributed by atoms with Crippen molar-refractivity contribution in [2.75, 3.05) is 19.9 Å². The van der Waals surface area contributed by atoms with E-state index in [1.54, 1.807) is 18.2 Å². The summed E-state index contributed by atoms with van der Waals surface area (Å²) in [6, 6.07) is 23.3. The second-order valence-electron chi connectivity index (χ2n) is 10.1. The number of aromatic amines is 1. The van der Waals surface area contributed by atoms with Crippen LogP contribution in [0.25, 0.3) is 11.3 Å². The van der Waals surface area contributed by atoms with Gasteiger partial charge in [0.2, 0.25) is 12.7 Å². The number of amides is 2. The zero-order valence-corrected chi connectivity index (χ0v) is 22.3. The molecule has 3 heterocycles. The minimum atomic E-state index is -1.04. The van der Waals surface area contributed by atoms with Gasteiger partial charge in [-0.1, -0.05) is 48.5 Å². The molecule has 3 aromatic carbocycles. The second kappa shape index (κ2) is 11.9. The molecule has 41 heavy (non-hydrogen) atoms. The van der Waals surface area contributed by atoms with E-state index >= 15 is 0 Å². The number of nitrogens with zero attached hydrogens (tertiary/aromatic N) is 1. The molecule has 2 aliphatic rings.